The largest absolute Gasteiger partial charge is 0.422 e. The van der Waals surface area contributed by atoms with E-state index in [2.05, 4.69) is 20.5 Å². The average molecular weight is 288 g/mol. The highest BCUT2D eigenvalue weighted by molar-refractivity contribution is 6.31. The van der Waals surface area contributed by atoms with E-state index in [4.69, 9.17) is 21.8 Å². The van der Waals surface area contributed by atoms with Crippen molar-refractivity contribution < 1.29 is 4.42 Å². The van der Waals surface area contributed by atoms with Crippen LogP contribution in [0.1, 0.15) is 5.69 Å². The van der Waals surface area contributed by atoms with Crippen LogP contribution in [0.5, 0.6) is 0 Å². The second-order valence-corrected chi connectivity index (χ2v) is 4.39. The number of oxazole rings is 1. The van der Waals surface area contributed by atoms with Gasteiger partial charge in [0.15, 0.2) is 11.4 Å². The Hall–Kier alpha value is -2.60. The van der Waals surface area contributed by atoms with Crippen LogP contribution in [0.15, 0.2) is 52.1 Å². The van der Waals surface area contributed by atoms with Gasteiger partial charge in [-0.2, -0.15) is 10.1 Å². The highest BCUT2D eigenvalue weighted by atomic mass is 35.5. The molecule has 100 valence electrons. The number of pyridine rings is 1. The Morgan fingerprint density at radius 1 is 1.30 bits per heavy atom. The number of halogens is 1. The summed E-state index contributed by atoms with van der Waals surface area (Å²) in [5, 5.41) is 4.57. The third-order valence-electron chi connectivity index (χ3n) is 2.55. The highest BCUT2D eigenvalue weighted by Crippen LogP contribution is 2.22. The molecule has 0 spiro atoms. The van der Waals surface area contributed by atoms with Gasteiger partial charge < -0.3 is 10.2 Å². The number of hydrogen-bond donors (Lipinski definition) is 2. The molecule has 0 aliphatic rings. The Balaban J connectivity index is 1.83. The summed E-state index contributed by atoms with van der Waals surface area (Å²) < 4.78 is 5.45. The topological polar surface area (TPSA) is 89.3 Å². The molecule has 1 aromatic carbocycles. The van der Waals surface area contributed by atoms with Crippen LogP contribution in [0, 0.1) is 0 Å². The van der Waals surface area contributed by atoms with Gasteiger partial charge in [-0.25, -0.2) is 5.43 Å². The first-order valence-corrected chi connectivity index (χ1v) is 6.17. The number of aromatic nitrogens is 2. The van der Waals surface area contributed by atoms with Crippen LogP contribution in [0.4, 0.5) is 6.01 Å². The lowest BCUT2D eigenvalue weighted by Gasteiger charge is -1.98. The molecule has 3 rings (SSSR count). The monoisotopic (exact) mass is 287 g/mol. The third-order valence-corrected chi connectivity index (χ3v) is 2.78. The number of nitrogens with zero attached hydrogens (tertiary/aromatic N) is 3. The molecular weight excluding hydrogens is 278 g/mol. The third kappa shape index (κ3) is 2.55. The van der Waals surface area contributed by atoms with Crippen LogP contribution in [-0.4, -0.2) is 15.8 Å². The van der Waals surface area contributed by atoms with Crippen molar-refractivity contribution in [3.8, 4) is 0 Å². The Morgan fingerprint density at radius 3 is 3.00 bits per heavy atom. The molecule has 20 heavy (non-hydrogen) atoms. The number of fused-ring (bicyclic) bond motifs is 1. The number of hydrogen-bond acceptors (Lipinski definition) is 5. The van der Waals surface area contributed by atoms with Crippen molar-refractivity contribution in [2.45, 2.75) is 0 Å². The lowest BCUT2D eigenvalue weighted by atomic mass is 10.3. The van der Waals surface area contributed by atoms with Gasteiger partial charge in [0.2, 0.25) is 0 Å². The van der Waals surface area contributed by atoms with E-state index in [1.54, 1.807) is 36.5 Å². The molecule has 0 unspecified atom stereocenters. The Kier molecular flexibility index (Phi) is 3.22. The molecule has 6 nitrogen and oxygen atoms in total. The number of benzene rings is 1. The Labute approximate surface area is 119 Å². The molecule has 0 saturated carbocycles. The van der Waals surface area contributed by atoms with Crippen molar-refractivity contribution in [2.75, 3.05) is 5.43 Å². The molecule has 0 saturated heterocycles. The summed E-state index contributed by atoms with van der Waals surface area (Å²) >= 11 is 5.88. The highest BCUT2D eigenvalue weighted by Gasteiger charge is 2.06. The molecule has 0 atom stereocenters. The molecule has 0 amide bonds. The van der Waals surface area contributed by atoms with Crippen molar-refractivity contribution in [1.29, 1.82) is 0 Å². The molecule has 0 fully saturated rings. The molecule has 3 N–H and O–H groups in total. The SMILES string of the molecule is N/C(=N\Nc1nc2cc(Cl)ccc2o1)c1ccccn1. The van der Waals surface area contributed by atoms with Crippen molar-refractivity contribution in [1.82, 2.24) is 9.97 Å². The van der Waals surface area contributed by atoms with E-state index < -0.39 is 0 Å². The molecule has 0 aliphatic heterocycles. The minimum Gasteiger partial charge on any atom is -0.422 e. The molecule has 0 bridgehead atoms. The molecule has 2 aromatic heterocycles. The Bertz CT molecular complexity index is 769. The lowest BCUT2D eigenvalue weighted by molar-refractivity contribution is 0.617. The summed E-state index contributed by atoms with van der Waals surface area (Å²) in [5.41, 5.74) is 10.3. The van der Waals surface area contributed by atoms with Crippen LogP contribution in [0.25, 0.3) is 11.1 Å². The summed E-state index contributed by atoms with van der Waals surface area (Å²) in [4.78, 5) is 8.27. The van der Waals surface area contributed by atoms with Gasteiger partial charge >= 0.3 is 6.01 Å². The maximum absolute atomic E-state index is 5.88. The van der Waals surface area contributed by atoms with E-state index in [9.17, 15) is 0 Å². The molecule has 2 heterocycles. The summed E-state index contributed by atoms with van der Waals surface area (Å²) in [7, 11) is 0. The molecule has 0 aliphatic carbocycles. The summed E-state index contributed by atoms with van der Waals surface area (Å²) in [6.07, 6.45) is 1.64. The first kappa shape index (κ1) is 12.4. The first-order chi connectivity index (χ1) is 9.72. The van der Waals surface area contributed by atoms with Gasteiger partial charge in [-0.15, -0.1) is 0 Å². The second-order valence-electron chi connectivity index (χ2n) is 3.95. The van der Waals surface area contributed by atoms with Gasteiger partial charge in [0.25, 0.3) is 0 Å². The minimum absolute atomic E-state index is 0.237. The van der Waals surface area contributed by atoms with Gasteiger partial charge in [-0.1, -0.05) is 17.7 Å². The lowest BCUT2D eigenvalue weighted by Crippen LogP contribution is -2.16. The van der Waals surface area contributed by atoms with E-state index >= 15 is 0 Å². The van der Waals surface area contributed by atoms with E-state index in [1.165, 1.54) is 0 Å². The van der Waals surface area contributed by atoms with Crippen LogP contribution < -0.4 is 11.2 Å². The summed E-state index contributed by atoms with van der Waals surface area (Å²) in [6.45, 7) is 0. The quantitative estimate of drug-likeness (QED) is 0.439. The standard InChI is InChI=1S/C13H10ClN5O/c14-8-4-5-11-10(7-8)17-13(20-11)19-18-12(15)9-3-1-2-6-16-9/h1-7H,(H2,15,18)(H,17,19). The van der Waals surface area contributed by atoms with Crippen LogP contribution in [0.3, 0.4) is 0 Å². The fourth-order valence-electron chi connectivity index (χ4n) is 1.63. The molecular formula is C13H10ClN5O. The number of nitrogens with two attached hydrogens (primary N) is 1. The van der Waals surface area contributed by atoms with Gasteiger partial charge in [-0.05, 0) is 30.3 Å². The summed E-state index contributed by atoms with van der Waals surface area (Å²) in [6, 6.07) is 10.8. The van der Waals surface area contributed by atoms with Gasteiger partial charge in [0, 0.05) is 11.2 Å². The Morgan fingerprint density at radius 2 is 2.20 bits per heavy atom. The molecule has 7 heteroatoms. The fourth-order valence-corrected chi connectivity index (χ4v) is 1.79. The van der Waals surface area contributed by atoms with Gasteiger partial charge in [0.05, 0.1) is 0 Å². The van der Waals surface area contributed by atoms with E-state index in [0.717, 1.165) is 0 Å². The minimum atomic E-state index is 0.237. The zero-order valence-corrected chi connectivity index (χ0v) is 11.0. The zero-order valence-electron chi connectivity index (χ0n) is 10.2. The van der Waals surface area contributed by atoms with Crippen molar-refractivity contribution >= 4 is 34.6 Å². The van der Waals surface area contributed by atoms with Gasteiger partial charge in [-0.3, -0.25) is 4.98 Å². The molecule has 3 aromatic rings. The fraction of sp³-hybridized carbons (Fsp3) is 0. The molecule has 0 radical (unpaired) electrons. The van der Waals surface area contributed by atoms with Crippen LogP contribution in [-0.2, 0) is 0 Å². The number of rotatable bonds is 3. The first-order valence-electron chi connectivity index (χ1n) is 5.79. The van der Waals surface area contributed by atoms with Gasteiger partial charge in [0.1, 0.15) is 11.2 Å². The van der Waals surface area contributed by atoms with Crippen LogP contribution >= 0.6 is 11.6 Å². The van der Waals surface area contributed by atoms with E-state index in [0.29, 0.717) is 21.8 Å². The number of amidine groups is 1. The average Bonchev–Trinajstić information content (AvgIpc) is 2.87. The van der Waals surface area contributed by atoms with Crippen molar-refractivity contribution in [3.05, 3.63) is 53.3 Å². The van der Waals surface area contributed by atoms with E-state index in [1.807, 2.05) is 6.07 Å². The van der Waals surface area contributed by atoms with Crippen LogP contribution in [0.2, 0.25) is 5.02 Å². The normalized spacial score (nSPS) is 11.8. The van der Waals surface area contributed by atoms with Crippen molar-refractivity contribution in [3.63, 3.8) is 0 Å². The second kappa shape index (κ2) is 5.18. The maximum Gasteiger partial charge on any atom is 0.316 e. The van der Waals surface area contributed by atoms with E-state index in [-0.39, 0.29) is 11.9 Å². The smallest absolute Gasteiger partial charge is 0.316 e. The predicted molar refractivity (Wildman–Crippen MR) is 77.6 cm³/mol. The predicted octanol–water partition coefficient (Wildman–Crippen LogP) is 2.61. The van der Waals surface area contributed by atoms with Crippen molar-refractivity contribution in [2.24, 2.45) is 10.8 Å². The number of hydrazone groups is 1. The summed E-state index contributed by atoms with van der Waals surface area (Å²) in [5.74, 6) is 0.242. The zero-order chi connectivity index (χ0) is 13.9. The number of nitrogens with one attached hydrogen (secondary N) is 1. The maximum atomic E-state index is 5.88. The number of anilines is 1.